The van der Waals surface area contributed by atoms with E-state index < -0.39 is 4.92 Å². The number of nitrogens with one attached hydrogen (secondary N) is 1. The number of non-ortho nitro benzene ring substituents is 1. The quantitative estimate of drug-likeness (QED) is 0.606. The van der Waals surface area contributed by atoms with Crippen molar-refractivity contribution in [2.75, 3.05) is 13.7 Å². The zero-order valence-corrected chi connectivity index (χ0v) is 13.1. The molecule has 6 heteroatoms. The van der Waals surface area contributed by atoms with Gasteiger partial charge in [0, 0.05) is 18.2 Å². The molecule has 2 rings (SSSR count). The second-order valence-corrected chi connectivity index (χ2v) is 5.25. The molecule has 2 unspecified atom stereocenters. The normalized spacial score (nSPS) is 13.3. The highest BCUT2D eigenvalue weighted by molar-refractivity contribution is 5.35. The Bertz CT molecular complexity index is 658. The van der Waals surface area contributed by atoms with E-state index in [-0.39, 0.29) is 24.4 Å². The summed E-state index contributed by atoms with van der Waals surface area (Å²) >= 11 is 0. The Labute approximate surface area is 134 Å². The second-order valence-electron chi connectivity index (χ2n) is 5.25. The van der Waals surface area contributed by atoms with E-state index in [1.807, 2.05) is 31.2 Å². The van der Waals surface area contributed by atoms with Crippen LogP contribution < -0.4 is 10.1 Å². The molecule has 0 amide bonds. The van der Waals surface area contributed by atoms with Gasteiger partial charge in [0.1, 0.15) is 5.75 Å². The van der Waals surface area contributed by atoms with E-state index in [9.17, 15) is 15.2 Å². The summed E-state index contributed by atoms with van der Waals surface area (Å²) < 4.78 is 5.20. The molecule has 0 aromatic heterocycles. The summed E-state index contributed by atoms with van der Waals surface area (Å²) in [6.07, 6.45) is 0. The zero-order chi connectivity index (χ0) is 16.8. The first-order valence-corrected chi connectivity index (χ1v) is 7.30. The Morgan fingerprint density at radius 1 is 1.22 bits per heavy atom. The van der Waals surface area contributed by atoms with E-state index in [0.717, 1.165) is 16.9 Å². The summed E-state index contributed by atoms with van der Waals surface area (Å²) in [6, 6.07) is 13.6. The summed E-state index contributed by atoms with van der Waals surface area (Å²) in [4.78, 5) is 10.3. The van der Waals surface area contributed by atoms with Crippen LogP contribution in [0.2, 0.25) is 0 Å². The molecule has 2 aromatic carbocycles. The van der Waals surface area contributed by atoms with Gasteiger partial charge in [-0.15, -0.1) is 0 Å². The van der Waals surface area contributed by atoms with Crippen LogP contribution in [0, 0.1) is 10.1 Å². The predicted octanol–water partition coefficient (Wildman–Crippen LogP) is 2.99. The lowest BCUT2D eigenvalue weighted by Crippen LogP contribution is -2.27. The average molecular weight is 316 g/mol. The lowest BCUT2D eigenvalue weighted by molar-refractivity contribution is -0.384. The Morgan fingerprint density at radius 3 is 2.48 bits per heavy atom. The highest BCUT2D eigenvalue weighted by atomic mass is 16.6. The molecule has 0 aliphatic heterocycles. The molecule has 0 aliphatic rings. The first-order chi connectivity index (χ1) is 11.0. The standard InChI is InChI=1S/C17H20N2O4/c1-12(13-6-8-15(9-7-13)19(21)22)18-17(11-20)14-4-3-5-16(10-14)23-2/h3-10,12,17-18,20H,11H2,1-2H3. The van der Waals surface area contributed by atoms with Crippen LogP contribution in [0.25, 0.3) is 0 Å². The number of nitro benzene ring substituents is 1. The van der Waals surface area contributed by atoms with Crippen molar-refractivity contribution >= 4 is 5.69 Å². The molecule has 0 aliphatic carbocycles. The van der Waals surface area contributed by atoms with Gasteiger partial charge in [-0.1, -0.05) is 24.3 Å². The highest BCUT2D eigenvalue weighted by Gasteiger charge is 2.16. The first kappa shape index (κ1) is 16.9. The van der Waals surface area contributed by atoms with Crippen LogP contribution in [0.4, 0.5) is 5.69 Å². The molecule has 23 heavy (non-hydrogen) atoms. The molecular weight excluding hydrogens is 296 g/mol. The van der Waals surface area contributed by atoms with Gasteiger partial charge in [-0.2, -0.15) is 0 Å². The van der Waals surface area contributed by atoms with E-state index in [1.54, 1.807) is 19.2 Å². The fraction of sp³-hybridized carbons (Fsp3) is 0.294. The van der Waals surface area contributed by atoms with Crippen molar-refractivity contribution in [1.29, 1.82) is 0 Å². The first-order valence-electron chi connectivity index (χ1n) is 7.30. The highest BCUT2D eigenvalue weighted by Crippen LogP contribution is 2.23. The Morgan fingerprint density at radius 2 is 1.91 bits per heavy atom. The molecule has 2 atom stereocenters. The number of benzene rings is 2. The summed E-state index contributed by atoms with van der Waals surface area (Å²) in [7, 11) is 1.60. The number of nitrogens with zero attached hydrogens (tertiary/aromatic N) is 1. The number of methoxy groups -OCH3 is 1. The van der Waals surface area contributed by atoms with Crippen molar-refractivity contribution in [3.8, 4) is 5.75 Å². The summed E-state index contributed by atoms with van der Waals surface area (Å²) in [6.45, 7) is 1.88. The Kier molecular flexibility index (Phi) is 5.67. The fourth-order valence-electron chi connectivity index (χ4n) is 2.40. The van der Waals surface area contributed by atoms with E-state index in [2.05, 4.69) is 5.32 Å². The number of hydrogen-bond donors (Lipinski definition) is 2. The van der Waals surface area contributed by atoms with Crippen molar-refractivity contribution in [3.05, 3.63) is 69.8 Å². The van der Waals surface area contributed by atoms with Gasteiger partial charge in [0.05, 0.1) is 24.7 Å². The average Bonchev–Trinajstić information content (AvgIpc) is 2.59. The van der Waals surface area contributed by atoms with E-state index >= 15 is 0 Å². The van der Waals surface area contributed by atoms with Gasteiger partial charge in [-0.05, 0) is 30.2 Å². The lowest BCUT2D eigenvalue weighted by atomic mass is 10.0. The Balaban J connectivity index is 2.12. The molecule has 0 radical (unpaired) electrons. The van der Waals surface area contributed by atoms with Crippen LogP contribution in [0.5, 0.6) is 5.75 Å². The van der Waals surface area contributed by atoms with Crippen molar-refractivity contribution in [1.82, 2.24) is 5.32 Å². The number of ether oxygens (including phenoxy) is 1. The molecule has 6 nitrogen and oxygen atoms in total. The molecule has 2 aromatic rings. The lowest BCUT2D eigenvalue weighted by Gasteiger charge is -2.22. The van der Waals surface area contributed by atoms with Crippen molar-refractivity contribution in [2.24, 2.45) is 0 Å². The third-order valence-corrected chi connectivity index (χ3v) is 3.73. The molecule has 0 spiro atoms. The largest absolute Gasteiger partial charge is 0.497 e. The van der Waals surface area contributed by atoms with E-state index in [4.69, 9.17) is 4.74 Å². The van der Waals surface area contributed by atoms with Crippen molar-refractivity contribution < 1.29 is 14.8 Å². The van der Waals surface area contributed by atoms with Crippen LogP contribution in [0.3, 0.4) is 0 Å². The molecule has 0 heterocycles. The molecule has 0 saturated heterocycles. The minimum atomic E-state index is -0.422. The summed E-state index contributed by atoms with van der Waals surface area (Å²) in [5, 5.41) is 23.7. The van der Waals surface area contributed by atoms with Crippen LogP contribution in [-0.4, -0.2) is 23.7 Å². The molecule has 0 saturated carbocycles. The third-order valence-electron chi connectivity index (χ3n) is 3.73. The van der Waals surface area contributed by atoms with Crippen molar-refractivity contribution in [2.45, 2.75) is 19.0 Å². The number of aliphatic hydroxyl groups is 1. The number of rotatable bonds is 7. The molecule has 0 bridgehead atoms. The third kappa shape index (κ3) is 4.28. The zero-order valence-electron chi connectivity index (χ0n) is 13.1. The Hall–Kier alpha value is -2.44. The fourth-order valence-corrected chi connectivity index (χ4v) is 2.40. The second kappa shape index (κ2) is 7.71. The number of aliphatic hydroxyl groups excluding tert-OH is 1. The predicted molar refractivity (Wildman–Crippen MR) is 87.5 cm³/mol. The summed E-state index contributed by atoms with van der Waals surface area (Å²) in [5.74, 6) is 0.728. The van der Waals surface area contributed by atoms with Gasteiger partial charge >= 0.3 is 0 Å². The van der Waals surface area contributed by atoms with Crippen LogP contribution in [-0.2, 0) is 0 Å². The minimum absolute atomic E-state index is 0.0625. The maximum absolute atomic E-state index is 10.7. The minimum Gasteiger partial charge on any atom is -0.497 e. The van der Waals surface area contributed by atoms with Gasteiger partial charge in [0.2, 0.25) is 0 Å². The van der Waals surface area contributed by atoms with Gasteiger partial charge < -0.3 is 15.2 Å². The van der Waals surface area contributed by atoms with Crippen LogP contribution in [0.1, 0.15) is 30.1 Å². The van der Waals surface area contributed by atoms with Crippen LogP contribution in [0.15, 0.2) is 48.5 Å². The molecule has 0 fully saturated rings. The smallest absolute Gasteiger partial charge is 0.269 e. The number of hydrogen-bond acceptors (Lipinski definition) is 5. The van der Waals surface area contributed by atoms with Crippen LogP contribution >= 0.6 is 0 Å². The van der Waals surface area contributed by atoms with Gasteiger partial charge in [-0.3, -0.25) is 10.1 Å². The summed E-state index contributed by atoms with van der Waals surface area (Å²) in [5.41, 5.74) is 1.89. The monoisotopic (exact) mass is 316 g/mol. The van der Waals surface area contributed by atoms with E-state index in [0.29, 0.717) is 0 Å². The maximum atomic E-state index is 10.7. The van der Waals surface area contributed by atoms with Gasteiger partial charge in [-0.25, -0.2) is 0 Å². The van der Waals surface area contributed by atoms with Crippen molar-refractivity contribution in [3.63, 3.8) is 0 Å². The van der Waals surface area contributed by atoms with Gasteiger partial charge in [0.15, 0.2) is 0 Å². The SMILES string of the molecule is COc1cccc(C(CO)NC(C)c2ccc([N+](=O)[O-])cc2)c1. The molecular formula is C17H20N2O4. The van der Waals surface area contributed by atoms with E-state index in [1.165, 1.54) is 12.1 Å². The topological polar surface area (TPSA) is 84.6 Å². The maximum Gasteiger partial charge on any atom is 0.269 e. The number of nitro groups is 1. The molecule has 122 valence electrons. The molecule has 2 N–H and O–H groups in total. The van der Waals surface area contributed by atoms with Gasteiger partial charge in [0.25, 0.3) is 5.69 Å².